The van der Waals surface area contributed by atoms with Gasteiger partial charge in [-0.2, -0.15) is 0 Å². The summed E-state index contributed by atoms with van der Waals surface area (Å²) in [4.78, 5) is 26.0. The number of anilines is 1. The van der Waals surface area contributed by atoms with Gasteiger partial charge in [-0.05, 0) is 59.5 Å². The first-order chi connectivity index (χ1) is 9.56. The predicted molar refractivity (Wildman–Crippen MR) is 80.7 cm³/mol. The van der Waals surface area contributed by atoms with Crippen LogP contribution in [-0.4, -0.2) is 24.4 Å². The number of nitrogens with zero attached hydrogens (tertiary/aromatic N) is 1. The first kappa shape index (κ1) is 13.8. The average molecular weight is 388 g/mol. The third-order valence-electron chi connectivity index (χ3n) is 3.70. The van der Waals surface area contributed by atoms with E-state index in [1.807, 2.05) is 22.6 Å². The number of carbonyl (C=O) groups is 2. The van der Waals surface area contributed by atoms with Crippen molar-refractivity contribution in [3.05, 3.63) is 27.6 Å². The van der Waals surface area contributed by atoms with Gasteiger partial charge in [-0.25, -0.2) is 4.39 Å². The van der Waals surface area contributed by atoms with Gasteiger partial charge in [0.1, 0.15) is 11.9 Å². The fourth-order valence-corrected chi connectivity index (χ4v) is 3.26. The molecular weight excluding hydrogens is 374 g/mol. The van der Waals surface area contributed by atoms with Crippen molar-refractivity contribution in [2.75, 3.05) is 11.4 Å². The summed E-state index contributed by atoms with van der Waals surface area (Å²) in [6, 6.07) is 3.92. The minimum absolute atomic E-state index is 0.0807. The second-order valence-corrected chi connectivity index (χ2v) is 6.38. The van der Waals surface area contributed by atoms with E-state index in [2.05, 4.69) is 5.32 Å². The zero-order valence-electron chi connectivity index (χ0n) is 10.7. The molecule has 1 aromatic carbocycles. The van der Waals surface area contributed by atoms with Gasteiger partial charge in [0.2, 0.25) is 11.8 Å². The minimum Gasteiger partial charge on any atom is -0.344 e. The monoisotopic (exact) mass is 388 g/mol. The van der Waals surface area contributed by atoms with Crippen LogP contribution in [0.2, 0.25) is 0 Å². The largest absolute Gasteiger partial charge is 0.344 e. The highest BCUT2D eigenvalue weighted by molar-refractivity contribution is 14.1. The molecule has 2 aliphatic rings. The normalized spacial score (nSPS) is 23.5. The van der Waals surface area contributed by atoms with Crippen LogP contribution < -0.4 is 10.2 Å². The summed E-state index contributed by atoms with van der Waals surface area (Å²) in [5.41, 5.74) is 0.680. The van der Waals surface area contributed by atoms with Gasteiger partial charge in [0, 0.05) is 16.5 Å². The fraction of sp³-hybridized carbons (Fsp3) is 0.429. The maximum Gasteiger partial charge on any atom is 0.249 e. The highest BCUT2D eigenvalue weighted by Crippen LogP contribution is 2.35. The molecule has 1 heterocycles. The SMILES string of the molecule is O=C1CCN(c2ccc(F)cc2I)C(=O)C(C2CC2)N1. The third kappa shape index (κ3) is 2.65. The highest BCUT2D eigenvalue weighted by Gasteiger charge is 2.41. The van der Waals surface area contributed by atoms with Gasteiger partial charge in [0.05, 0.1) is 5.69 Å². The molecule has 0 aromatic heterocycles. The zero-order valence-corrected chi connectivity index (χ0v) is 12.9. The summed E-state index contributed by atoms with van der Waals surface area (Å²) in [5.74, 6) is -0.240. The van der Waals surface area contributed by atoms with Crippen LogP contribution in [0, 0.1) is 15.3 Å². The predicted octanol–water partition coefficient (Wildman–Crippen LogP) is 2.06. The molecule has 2 fully saturated rings. The van der Waals surface area contributed by atoms with E-state index >= 15 is 0 Å². The van der Waals surface area contributed by atoms with Crippen LogP contribution in [0.5, 0.6) is 0 Å². The van der Waals surface area contributed by atoms with Crippen LogP contribution in [-0.2, 0) is 9.59 Å². The summed E-state index contributed by atoms with van der Waals surface area (Å²) in [6.07, 6.45) is 2.23. The fourth-order valence-electron chi connectivity index (χ4n) is 2.49. The van der Waals surface area contributed by atoms with E-state index in [-0.39, 0.29) is 30.0 Å². The van der Waals surface area contributed by atoms with Gasteiger partial charge in [-0.3, -0.25) is 9.59 Å². The van der Waals surface area contributed by atoms with E-state index in [0.717, 1.165) is 12.8 Å². The topological polar surface area (TPSA) is 49.4 Å². The third-order valence-corrected chi connectivity index (χ3v) is 4.57. The molecular formula is C14H14FIN2O2. The van der Waals surface area contributed by atoms with Crippen molar-refractivity contribution in [3.63, 3.8) is 0 Å². The van der Waals surface area contributed by atoms with Crippen LogP contribution in [0.4, 0.5) is 10.1 Å². The van der Waals surface area contributed by atoms with E-state index in [1.54, 1.807) is 11.0 Å². The van der Waals surface area contributed by atoms with Crippen molar-refractivity contribution in [2.45, 2.75) is 25.3 Å². The van der Waals surface area contributed by atoms with Crippen LogP contribution in [0.25, 0.3) is 0 Å². The molecule has 1 atom stereocenters. The Hall–Kier alpha value is -1.18. The number of amides is 2. The van der Waals surface area contributed by atoms with E-state index in [9.17, 15) is 14.0 Å². The number of nitrogens with one attached hydrogen (secondary N) is 1. The van der Waals surface area contributed by atoms with Gasteiger partial charge >= 0.3 is 0 Å². The Morgan fingerprint density at radius 2 is 2.05 bits per heavy atom. The molecule has 1 aromatic rings. The van der Waals surface area contributed by atoms with Crippen LogP contribution in [0.15, 0.2) is 18.2 Å². The number of hydrogen-bond acceptors (Lipinski definition) is 2. The van der Waals surface area contributed by atoms with Crippen molar-refractivity contribution in [3.8, 4) is 0 Å². The van der Waals surface area contributed by atoms with Crippen molar-refractivity contribution in [2.24, 2.45) is 5.92 Å². The minimum atomic E-state index is -0.425. The van der Waals surface area contributed by atoms with Gasteiger partial charge in [0.25, 0.3) is 0 Å². The highest BCUT2D eigenvalue weighted by atomic mass is 127. The van der Waals surface area contributed by atoms with Crippen molar-refractivity contribution in [1.82, 2.24) is 5.32 Å². The van der Waals surface area contributed by atoms with Crippen molar-refractivity contribution >= 4 is 40.1 Å². The molecule has 1 aliphatic carbocycles. The van der Waals surface area contributed by atoms with Gasteiger partial charge in [0.15, 0.2) is 0 Å². The lowest BCUT2D eigenvalue weighted by molar-refractivity contribution is -0.126. The molecule has 106 valence electrons. The number of hydrogen-bond donors (Lipinski definition) is 1. The molecule has 0 bridgehead atoms. The number of benzene rings is 1. The molecule has 6 heteroatoms. The van der Waals surface area contributed by atoms with Crippen LogP contribution in [0.1, 0.15) is 19.3 Å². The van der Waals surface area contributed by atoms with Crippen molar-refractivity contribution < 1.29 is 14.0 Å². The Morgan fingerprint density at radius 1 is 1.30 bits per heavy atom. The van der Waals surface area contributed by atoms with Gasteiger partial charge < -0.3 is 10.2 Å². The Morgan fingerprint density at radius 3 is 2.70 bits per heavy atom. The number of rotatable bonds is 2. The Balaban J connectivity index is 1.93. The molecule has 1 N–H and O–H groups in total. The first-order valence-corrected chi connectivity index (χ1v) is 7.70. The lowest BCUT2D eigenvalue weighted by atomic mass is 10.1. The second-order valence-electron chi connectivity index (χ2n) is 5.22. The molecule has 20 heavy (non-hydrogen) atoms. The van der Waals surface area contributed by atoms with E-state index in [4.69, 9.17) is 0 Å². The molecule has 2 amide bonds. The first-order valence-electron chi connectivity index (χ1n) is 6.62. The van der Waals surface area contributed by atoms with Gasteiger partial charge in [-0.15, -0.1) is 0 Å². The van der Waals surface area contributed by atoms with E-state index in [0.29, 0.717) is 15.8 Å². The standard InChI is InChI=1S/C14H14FIN2O2/c15-9-3-4-11(10(16)7-9)18-6-5-12(19)17-13(14(18)20)8-1-2-8/h3-4,7-8,13H,1-2,5-6H2,(H,17,19). The lowest BCUT2D eigenvalue weighted by Crippen LogP contribution is -2.46. The maximum absolute atomic E-state index is 13.2. The van der Waals surface area contributed by atoms with E-state index in [1.165, 1.54) is 12.1 Å². The number of carbonyl (C=O) groups excluding carboxylic acids is 2. The molecule has 3 rings (SSSR count). The molecule has 1 unspecified atom stereocenters. The summed E-state index contributed by atoms with van der Waals surface area (Å²) in [5, 5.41) is 2.81. The quantitative estimate of drug-likeness (QED) is 0.789. The Bertz CT molecular complexity index is 574. The summed E-state index contributed by atoms with van der Waals surface area (Å²) in [6.45, 7) is 0.343. The second kappa shape index (κ2) is 5.31. The average Bonchev–Trinajstić information content (AvgIpc) is 3.21. The maximum atomic E-state index is 13.2. The Kier molecular flexibility index (Phi) is 3.66. The molecule has 1 saturated heterocycles. The molecule has 1 saturated carbocycles. The van der Waals surface area contributed by atoms with Crippen molar-refractivity contribution in [1.29, 1.82) is 0 Å². The van der Waals surface area contributed by atoms with Gasteiger partial charge in [-0.1, -0.05) is 0 Å². The molecule has 0 radical (unpaired) electrons. The summed E-state index contributed by atoms with van der Waals surface area (Å²) in [7, 11) is 0. The molecule has 4 nitrogen and oxygen atoms in total. The van der Waals surface area contributed by atoms with E-state index < -0.39 is 6.04 Å². The molecule has 1 aliphatic heterocycles. The summed E-state index contributed by atoms with van der Waals surface area (Å²) < 4.78 is 13.9. The summed E-state index contributed by atoms with van der Waals surface area (Å²) >= 11 is 2.02. The van der Waals surface area contributed by atoms with Crippen LogP contribution >= 0.6 is 22.6 Å². The Labute approximate surface area is 129 Å². The number of halogens is 2. The zero-order chi connectivity index (χ0) is 14.3. The smallest absolute Gasteiger partial charge is 0.249 e. The molecule has 0 spiro atoms. The lowest BCUT2D eigenvalue weighted by Gasteiger charge is -2.25. The van der Waals surface area contributed by atoms with Crippen LogP contribution in [0.3, 0.4) is 0 Å².